The van der Waals surface area contributed by atoms with Crippen LogP contribution in [0, 0.1) is 16.2 Å². The molecule has 0 saturated carbocycles. The van der Waals surface area contributed by atoms with Crippen molar-refractivity contribution >= 4 is 42.5 Å². The van der Waals surface area contributed by atoms with Gasteiger partial charge in [0.15, 0.2) is 11.9 Å². The average Bonchev–Trinajstić information content (AvgIpc) is 2.87. The van der Waals surface area contributed by atoms with E-state index in [2.05, 4.69) is 15.5 Å². The van der Waals surface area contributed by atoms with Crippen LogP contribution in [0.2, 0.25) is 0 Å². The Balaban J connectivity index is 2.14. The maximum Gasteiger partial charge on any atom is 0.200 e. The molecular formula is C13H22IN7. The van der Waals surface area contributed by atoms with Gasteiger partial charge in [-0.05, 0) is 4.01 Å². The fraction of sp³-hybridized carbons (Fsp3) is 0.538. The third-order valence-electron chi connectivity index (χ3n) is 4.04. The molecular weight excluding hydrogens is 381 g/mol. The minimum Gasteiger partial charge on any atom is -0.344 e. The third-order valence-corrected chi connectivity index (χ3v) is 6.65. The van der Waals surface area contributed by atoms with Gasteiger partial charge < -0.3 is 19.6 Å². The molecule has 0 aromatic rings. The molecule has 0 aromatic heterocycles. The van der Waals surface area contributed by atoms with Crippen molar-refractivity contribution in [3.8, 4) is 0 Å². The van der Waals surface area contributed by atoms with E-state index in [-0.39, 0.29) is 20.7 Å². The lowest BCUT2D eigenvalue weighted by Crippen LogP contribution is -2.46. The van der Waals surface area contributed by atoms with Crippen molar-refractivity contribution in [2.24, 2.45) is 0 Å². The van der Waals surface area contributed by atoms with Crippen LogP contribution >= 0.6 is 20.7 Å². The van der Waals surface area contributed by atoms with Gasteiger partial charge in [0.25, 0.3) is 0 Å². The number of likely N-dealkylation sites (N-methyl/N-ethyl adjacent to an activating group) is 3. The first-order valence-electron chi connectivity index (χ1n) is 6.60. The highest BCUT2D eigenvalue weighted by molar-refractivity contribution is 14.2. The lowest BCUT2D eigenvalue weighted by atomic mass is 10.0. The van der Waals surface area contributed by atoms with Crippen LogP contribution in [0.4, 0.5) is 0 Å². The fourth-order valence-corrected chi connectivity index (χ4v) is 5.39. The molecule has 1 unspecified atom stereocenters. The van der Waals surface area contributed by atoms with Crippen LogP contribution in [0.15, 0.2) is 12.7 Å². The van der Waals surface area contributed by atoms with E-state index in [4.69, 9.17) is 16.2 Å². The predicted octanol–water partition coefficient (Wildman–Crippen LogP) is 0.613. The molecule has 2 aliphatic rings. The molecule has 0 aromatic carbocycles. The number of hydrogen-bond donors (Lipinski definition) is 3. The molecule has 116 valence electrons. The van der Waals surface area contributed by atoms with Gasteiger partial charge in [-0.2, -0.15) is 0 Å². The van der Waals surface area contributed by atoms with Gasteiger partial charge in [0, 0.05) is 34.2 Å². The summed E-state index contributed by atoms with van der Waals surface area (Å²) < 4.78 is 2.99. The second-order valence-corrected chi connectivity index (χ2v) is 7.40. The van der Waals surface area contributed by atoms with Gasteiger partial charge >= 0.3 is 0 Å². The number of hydrogen-bond acceptors (Lipinski definition) is 3. The Labute approximate surface area is 135 Å². The Morgan fingerprint density at radius 1 is 1.19 bits per heavy atom. The summed E-state index contributed by atoms with van der Waals surface area (Å²) in [6, 6.07) is 0. The maximum absolute atomic E-state index is 8.27. The Morgan fingerprint density at radius 3 is 2.29 bits per heavy atom. The Kier molecular flexibility index (Phi) is 4.35. The molecule has 2 fully saturated rings. The van der Waals surface area contributed by atoms with Crippen molar-refractivity contribution in [3.05, 3.63) is 12.7 Å². The molecule has 1 atom stereocenters. The highest BCUT2D eigenvalue weighted by Crippen LogP contribution is 2.27. The van der Waals surface area contributed by atoms with Gasteiger partial charge in [0.2, 0.25) is 0 Å². The first-order chi connectivity index (χ1) is 9.85. The van der Waals surface area contributed by atoms with Gasteiger partial charge in [0.05, 0.1) is 4.55 Å². The summed E-state index contributed by atoms with van der Waals surface area (Å²) in [5.41, 5.74) is -0.674. The monoisotopic (exact) mass is 403 g/mol. The third kappa shape index (κ3) is 2.45. The van der Waals surface area contributed by atoms with Crippen LogP contribution in [-0.4, -0.2) is 85.7 Å². The van der Waals surface area contributed by atoms with Gasteiger partial charge in [-0.1, -0.05) is 12.7 Å². The second kappa shape index (κ2) is 5.74. The molecule has 0 amide bonds. The quantitative estimate of drug-likeness (QED) is 0.278. The summed E-state index contributed by atoms with van der Waals surface area (Å²) in [7, 11) is 5.50. The Morgan fingerprint density at radius 2 is 1.86 bits per heavy atom. The predicted molar refractivity (Wildman–Crippen MR) is 95.9 cm³/mol. The van der Waals surface area contributed by atoms with Crippen molar-refractivity contribution in [1.29, 1.82) is 16.2 Å². The zero-order valence-electron chi connectivity index (χ0n) is 12.6. The van der Waals surface area contributed by atoms with E-state index >= 15 is 0 Å². The summed E-state index contributed by atoms with van der Waals surface area (Å²) >= 11 is -0.341. The van der Waals surface area contributed by atoms with Crippen molar-refractivity contribution < 1.29 is 0 Å². The van der Waals surface area contributed by atoms with Crippen LogP contribution in [0.5, 0.6) is 0 Å². The number of nitrogens with one attached hydrogen (secondary N) is 3. The minimum atomic E-state index is -0.674. The molecule has 0 bridgehead atoms. The number of nitrogens with zero attached hydrogens (tertiary/aromatic N) is 4. The lowest BCUT2D eigenvalue weighted by Gasteiger charge is -2.28. The summed E-state index contributed by atoms with van der Waals surface area (Å²) in [4.78, 5) is 7.38. The Bertz CT molecular complexity index is 529. The lowest BCUT2D eigenvalue weighted by molar-refractivity contribution is 0.464. The SMILES string of the molecule is C=CC1(C=ICN2CCN(C)C2=N)C(=N)N(C)C(=N)N1C. The van der Waals surface area contributed by atoms with Gasteiger partial charge in [0.1, 0.15) is 11.4 Å². The van der Waals surface area contributed by atoms with Crippen molar-refractivity contribution in [2.75, 3.05) is 38.8 Å². The number of alkyl halides is 1. The zero-order valence-corrected chi connectivity index (χ0v) is 14.8. The summed E-state index contributed by atoms with van der Waals surface area (Å²) in [5, 5.41) is 24.3. The van der Waals surface area contributed by atoms with Crippen molar-refractivity contribution in [3.63, 3.8) is 0 Å². The van der Waals surface area contributed by atoms with E-state index in [1.165, 1.54) is 0 Å². The molecule has 3 N–H and O–H groups in total. The van der Waals surface area contributed by atoms with E-state index in [0.29, 0.717) is 17.8 Å². The van der Waals surface area contributed by atoms with Crippen molar-refractivity contribution in [1.82, 2.24) is 19.6 Å². The van der Waals surface area contributed by atoms with Crippen molar-refractivity contribution in [2.45, 2.75) is 5.54 Å². The maximum atomic E-state index is 8.27. The summed E-state index contributed by atoms with van der Waals surface area (Å²) in [6.45, 7) is 5.68. The van der Waals surface area contributed by atoms with Crippen LogP contribution < -0.4 is 0 Å². The van der Waals surface area contributed by atoms with E-state index < -0.39 is 5.54 Å². The van der Waals surface area contributed by atoms with Gasteiger partial charge in [-0.25, -0.2) is 0 Å². The average molecular weight is 403 g/mol. The van der Waals surface area contributed by atoms with E-state index in [0.717, 1.165) is 17.6 Å². The van der Waals surface area contributed by atoms with Gasteiger partial charge in [-0.15, -0.1) is 20.7 Å². The molecule has 0 aliphatic carbocycles. The molecule has 2 saturated heterocycles. The summed E-state index contributed by atoms with van der Waals surface area (Å²) in [6.07, 6.45) is 1.74. The van der Waals surface area contributed by atoms with Crippen LogP contribution in [0.25, 0.3) is 0 Å². The molecule has 2 aliphatic heterocycles. The highest BCUT2D eigenvalue weighted by Gasteiger charge is 2.46. The molecule has 0 radical (unpaired) electrons. The molecule has 2 heterocycles. The number of amidine groups is 1. The largest absolute Gasteiger partial charge is 0.344 e. The van der Waals surface area contributed by atoms with E-state index in [1.807, 2.05) is 19.0 Å². The Hall–Kier alpha value is -1.45. The normalized spacial score (nSPS) is 27.1. The number of halogens is 1. The number of guanidine groups is 2. The first-order valence-corrected chi connectivity index (χ1v) is 9.37. The van der Waals surface area contributed by atoms with E-state index in [1.54, 1.807) is 22.9 Å². The highest BCUT2D eigenvalue weighted by atomic mass is 127. The molecule has 0 spiro atoms. The van der Waals surface area contributed by atoms with Crippen LogP contribution in [-0.2, 0) is 0 Å². The van der Waals surface area contributed by atoms with E-state index in [9.17, 15) is 0 Å². The number of rotatable bonds is 4. The minimum absolute atomic E-state index is 0.314. The van der Waals surface area contributed by atoms with Gasteiger partial charge in [-0.3, -0.25) is 16.2 Å². The molecule has 21 heavy (non-hydrogen) atoms. The van der Waals surface area contributed by atoms with Crippen LogP contribution in [0.3, 0.4) is 0 Å². The molecule has 2 rings (SSSR count). The molecule has 7 nitrogen and oxygen atoms in total. The summed E-state index contributed by atoms with van der Waals surface area (Å²) in [5.74, 6) is 1.27. The standard InChI is InChI=1S/C13H22IN7/c1-5-13(10(15)19(3)12(17)20(13)4)8-14-9-21-7-6-18(2)11(21)16/h5,8,15-17H,1,6-7,9H2,2-4H3. The zero-order chi connectivity index (χ0) is 15.8. The second-order valence-electron chi connectivity index (χ2n) is 5.21. The molecule has 8 heteroatoms. The fourth-order valence-electron chi connectivity index (χ4n) is 2.41. The topological polar surface area (TPSA) is 84.5 Å². The first kappa shape index (κ1) is 15.9. The van der Waals surface area contributed by atoms with Crippen LogP contribution in [0.1, 0.15) is 0 Å². The smallest absolute Gasteiger partial charge is 0.200 e.